The number of halogens is 1. The van der Waals surface area contributed by atoms with Gasteiger partial charge in [0.15, 0.2) is 0 Å². The maximum absolute atomic E-state index is 13.1. The fraction of sp³-hybridized carbons (Fsp3) is 0.375. The standard InChI is InChI=1S/C24H27BrN4O2/c1-28(19-10-3-2-4-11-19)23(30)16-29-21-13-6-5-12-20(21)27-22(29)15-26-24(31)17-8-7-9-18(25)14-17/h5-9,12-14,19H,2-4,10-11,15-16H2,1H3,(H,26,31). The summed E-state index contributed by atoms with van der Waals surface area (Å²) < 4.78 is 2.78. The predicted molar refractivity (Wildman–Crippen MR) is 125 cm³/mol. The van der Waals surface area contributed by atoms with E-state index >= 15 is 0 Å². The van der Waals surface area contributed by atoms with Gasteiger partial charge in [0.05, 0.1) is 17.6 Å². The number of amides is 2. The molecule has 0 aliphatic heterocycles. The lowest BCUT2D eigenvalue weighted by Gasteiger charge is -2.31. The minimum Gasteiger partial charge on any atom is -0.345 e. The number of benzene rings is 2. The first kappa shape index (κ1) is 21.6. The summed E-state index contributed by atoms with van der Waals surface area (Å²) in [5.74, 6) is 0.579. The van der Waals surface area contributed by atoms with Gasteiger partial charge in [-0.2, -0.15) is 0 Å². The number of carbonyl (C=O) groups excluding carboxylic acids is 2. The second-order valence-electron chi connectivity index (χ2n) is 8.09. The zero-order chi connectivity index (χ0) is 21.8. The molecule has 0 spiro atoms. The molecule has 1 aliphatic carbocycles. The maximum atomic E-state index is 13.1. The third-order valence-corrected chi connectivity index (χ3v) is 6.53. The molecule has 1 aliphatic rings. The summed E-state index contributed by atoms with van der Waals surface area (Å²) in [6, 6.07) is 15.3. The molecule has 1 aromatic heterocycles. The quantitative estimate of drug-likeness (QED) is 0.561. The van der Waals surface area contributed by atoms with E-state index in [0.29, 0.717) is 17.4 Å². The number of nitrogens with zero attached hydrogens (tertiary/aromatic N) is 3. The molecule has 0 radical (unpaired) electrons. The number of hydrogen-bond acceptors (Lipinski definition) is 3. The van der Waals surface area contributed by atoms with Gasteiger partial charge in [0.2, 0.25) is 5.91 Å². The van der Waals surface area contributed by atoms with E-state index in [9.17, 15) is 9.59 Å². The Kier molecular flexibility index (Phi) is 6.70. The van der Waals surface area contributed by atoms with Gasteiger partial charge in [0, 0.05) is 23.1 Å². The van der Waals surface area contributed by atoms with E-state index in [-0.39, 0.29) is 24.9 Å². The smallest absolute Gasteiger partial charge is 0.251 e. The van der Waals surface area contributed by atoms with Gasteiger partial charge in [0.25, 0.3) is 5.91 Å². The fourth-order valence-electron chi connectivity index (χ4n) is 4.25. The lowest BCUT2D eigenvalue weighted by atomic mass is 9.94. The molecule has 0 unspecified atom stereocenters. The molecule has 0 bridgehead atoms. The minimum absolute atomic E-state index is 0.0784. The van der Waals surface area contributed by atoms with Crippen molar-refractivity contribution in [1.29, 1.82) is 0 Å². The predicted octanol–water partition coefficient (Wildman–Crippen LogP) is 4.52. The highest BCUT2D eigenvalue weighted by Gasteiger charge is 2.23. The molecule has 1 saturated carbocycles. The number of imidazole rings is 1. The highest BCUT2D eigenvalue weighted by Crippen LogP contribution is 2.23. The van der Waals surface area contributed by atoms with Crippen LogP contribution in [-0.4, -0.2) is 39.4 Å². The minimum atomic E-state index is -0.175. The van der Waals surface area contributed by atoms with Gasteiger partial charge in [0.1, 0.15) is 12.4 Å². The number of rotatable bonds is 6. The molecule has 1 heterocycles. The van der Waals surface area contributed by atoms with Gasteiger partial charge < -0.3 is 14.8 Å². The van der Waals surface area contributed by atoms with Crippen LogP contribution in [0.25, 0.3) is 11.0 Å². The lowest BCUT2D eigenvalue weighted by molar-refractivity contribution is -0.133. The number of para-hydroxylation sites is 2. The van der Waals surface area contributed by atoms with Crippen LogP contribution in [0, 0.1) is 0 Å². The van der Waals surface area contributed by atoms with Crippen molar-refractivity contribution < 1.29 is 9.59 Å². The molecule has 3 aromatic rings. The number of likely N-dealkylation sites (N-methyl/N-ethyl adjacent to an activating group) is 1. The first-order chi connectivity index (χ1) is 15.0. The molecule has 1 N–H and O–H groups in total. The third-order valence-electron chi connectivity index (χ3n) is 6.04. The van der Waals surface area contributed by atoms with Crippen LogP contribution in [0.4, 0.5) is 0 Å². The van der Waals surface area contributed by atoms with Crippen molar-refractivity contribution in [2.75, 3.05) is 7.05 Å². The van der Waals surface area contributed by atoms with Crippen LogP contribution in [0.5, 0.6) is 0 Å². The van der Waals surface area contributed by atoms with Crippen molar-refractivity contribution in [3.63, 3.8) is 0 Å². The summed E-state index contributed by atoms with van der Waals surface area (Å²) in [6.07, 6.45) is 5.77. The van der Waals surface area contributed by atoms with Gasteiger partial charge in [-0.3, -0.25) is 9.59 Å². The zero-order valence-corrected chi connectivity index (χ0v) is 19.3. The maximum Gasteiger partial charge on any atom is 0.251 e. The van der Waals surface area contributed by atoms with E-state index in [1.807, 2.05) is 52.9 Å². The van der Waals surface area contributed by atoms with Crippen LogP contribution in [0.2, 0.25) is 0 Å². The molecule has 0 atom stereocenters. The molecule has 6 nitrogen and oxygen atoms in total. The Morgan fingerprint density at radius 3 is 2.68 bits per heavy atom. The molecule has 7 heteroatoms. The van der Waals surface area contributed by atoms with Crippen molar-refractivity contribution in [2.45, 2.75) is 51.2 Å². The zero-order valence-electron chi connectivity index (χ0n) is 17.7. The number of hydrogen-bond donors (Lipinski definition) is 1. The second-order valence-corrected chi connectivity index (χ2v) is 9.01. The summed E-state index contributed by atoms with van der Waals surface area (Å²) in [4.78, 5) is 32.3. The molecule has 1 fully saturated rings. The largest absolute Gasteiger partial charge is 0.345 e. The highest BCUT2D eigenvalue weighted by atomic mass is 79.9. The normalized spacial score (nSPS) is 14.5. The van der Waals surface area contributed by atoms with Crippen LogP contribution in [0.15, 0.2) is 53.0 Å². The SMILES string of the molecule is CN(C(=O)Cn1c(CNC(=O)c2cccc(Br)c2)nc2ccccc21)C1CCCCC1. The van der Waals surface area contributed by atoms with Crippen LogP contribution in [-0.2, 0) is 17.9 Å². The number of fused-ring (bicyclic) bond motifs is 1. The molecule has 0 saturated heterocycles. The van der Waals surface area contributed by atoms with Gasteiger partial charge in [-0.1, -0.05) is 53.4 Å². The van der Waals surface area contributed by atoms with E-state index in [1.165, 1.54) is 19.3 Å². The first-order valence-electron chi connectivity index (χ1n) is 10.8. The fourth-order valence-corrected chi connectivity index (χ4v) is 4.65. The van der Waals surface area contributed by atoms with Crippen LogP contribution < -0.4 is 5.32 Å². The molecular weight excluding hydrogens is 456 g/mol. The Morgan fingerprint density at radius 1 is 1.13 bits per heavy atom. The summed E-state index contributed by atoms with van der Waals surface area (Å²) in [7, 11) is 1.91. The molecule has 2 aromatic carbocycles. The van der Waals surface area contributed by atoms with Gasteiger partial charge in [-0.15, -0.1) is 0 Å². The first-order valence-corrected chi connectivity index (χ1v) is 11.6. The Morgan fingerprint density at radius 2 is 1.90 bits per heavy atom. The molecule has 162 valence electrons. The number of nitrogens with one attached hydrogen (secondary N) is 1. The summed E-state index contributed by atoms with van der Waals surface area (Å²) >= 11 is 3.40. The topological polar surface area (TPSA) is 67.2 Å². The Bertz CT molecular complexity index is 1090. The average molecular weight is 483 g/mol. The van der Waals surface area contributed by atoms with E-state index in [1.54, 1.807) is 12.1 Å². The lowest BCUT2D eigenvalue weighted by Crippen LogP contribution is -2.40. The molecular formula is C24H27BrN4O2. The molecule has 31 heavy (non-hydrogen) atoms. The number of aromatic nitrogens is 2. The van der Waals surface area contributed by atoms with Crippen molar-refractivity contribution in [2.24, 2.45) is 0 Å². The summed E-state index contributed by atoms with van der Waals surface area (Å²) in [5.41, 5.74) is 2.30. The van der Waals surface area contributed by atoms with Gasteiger partial charge in [-0.05, 0) is 43.2 Å². The van der Waals surface area contributed by atoms with E-state index in [0.717, 1.165) is 28.3 Å². The van der Waals surface area contributed by atoms with E-state index in [2.05, 4.69) is 26.2 Å². The number of carbonyl (C=O) groups is 2. The van der Waals surface area contributed by atoms with Crippen molar-refractivity contribution >= 4 is 38.8 Å². The van der Waals surface area contributed by atoms with Crippen LogP contribution >= 0.6 is 15.9 Å². The monoisotopic (exact) mass is 482 g/mol. The Hall–Kier alpha value is -2.67. The van der Waals surface area contributed by atoms with Crippen molar-refractivity contribution in [3.05, 3.63) is 64.4 Å². The van der Waals surface area contributed by atoms with E-state index < -0.39 is 0 Å². The van der Waals surface area contributed by atoms with Crippen LogP contribution in [0.1, 0.15) is 48.3 Å². The second kappa shape index (κ2) is 9.64. The Balaban J connectivity index is 1.53. The average Bonchev–Trinajstić information content (AvgIpc) is 3.14. The summed E-state index contributed by atoms with van der Waals surface area (Å²) in [6.45, 7) is 0.468. The van der Waals surface area contributed by atoms with Crippen LogP contribution in [0.3, 0.4) is 0 Å². The third kappa shape index (κ3) is 4.98. The highest BCUT2D eigenvalue weighted by molar-refractivity contribution is 9.10. The van der Waals surface area contributed by atoms with Gasteiger partial charge in [-0.25, -0.2) is 4.98 Å². The Labute approximate surface area is 190 Å². The van der Waals surface area contributed by atoms with Crippen molar-refractivity contribution in [1.82, 2.24) is 19.8 Å². The molecule has 4 rings (SSSR count). The van der Waals surface area contributed by atoms with Gasteiger partial charge >= 0.3 is 0 Å². The summed E-state index contributed by atoms with van der Waals surface area (Å²) in [5, 5.41) is 2.94. The van der Waals surface area contributed by atoms with E-state index in [4.69, 9.17) is 0 Å². The molecule has 2 amide bonds. The van der Waals surface area contributed by atoms with Crippen molar-refractivity contribution in [3.8, 4) is 0 Å².